The number of ether oxygens (including phenoxy) is 1. The lowest BCUT2D eigenvalue weighted by molar-refractivity contribution is -0.192. The fourth-order valence-corrected chi connectivity index (χ4v) is 4.18. The Morgan fingerprint density at radius 3 is 2.36 bits per heavy atom. The second-order valence-corrected chi connectivity index (χ2v) is 8.39. The van der Waals surface area contributed by atoms with Crippen LogP contribution in [-0.2, 0) is 16.0 Å². The van der Waals surface area contributed by atoms with Crippen molar-refractivity contribution in [2.75, 3.05) is 42.6 Å². The summed E-state index contributed by atoms with van der Waals surface area (Å²) in [5.74, 6) is -0.964. The average Bonchev–Trinajstić information content (AvgIpc) is 3.28. The number of aromatic hydroxyl groups is 1. The van der Waals surface area contributed by atoms with Crippen LogP contribution in [-0.4, -0.2) is 65.2 Å². The first-order valence-electron chi connectivity index (χ1n) is 11.0. The van der Waals surface area contributed by atoms with Crippen molar-refractivity contribution < 1.29 is 32.9 Å². The summed E-state index contributed by atoms with van der Waals surface area (Å²) in [6.45, 7) is 3.62. The van der Waals surface area contributed by atoms with Crippen molar-refractivity contribution in [2.45, 2.75) is 12.6 Å². The number of phenols is 1. The van der Waals surface area contributed by atoms with Gasteiger partial charge >= 0.3 is 12.1 Å². The predicted molar refractivity (Wildman–Crippen MR) is 128 cm³/mol. The van der Waals surface area contributed by atoms with Crippen molar-refractivity contribution in [3.8, 4) is 17.0 Å². The Balaban J connectivity index is 0.000000384. The Bertz CT molecular complexity index is 1250. The molecule has 3 heterocycles. The number of aliphatic carboxylic acids is 1. The van der Waals surface area contributed by atoms with Crippen LogP contribution in [0.3, 0.4) is 0 Å². The maximum absolute atomic E-state index is 10.6. The number of fused-ring (bicyclic) bond motifs is 1. The molecular formula is C24H22ClF3N4O4. The Morgan fingerprint density at radius 2 is 1.72 bits per heavy atom. The molecule has 1 fully saturated rings. The third-order valence-corrected chi connectivity index (χ3v) is 5.93. The van der Waals surface area contributed by atoms with Crippen molar-refractivity contribution in [1.29, 1.82) is 0 Å². The molecule has 36 heavy (non-hydrogen) atoms. The van der Waals surface area contributed by atoms with Gasteiger partial charge < -0.3 is 24.7 Å². The molecule has 0 saturated carbocycles. The van der Waals surface area contributed by atoms with Crippen LogP contribution in [0.1, 0.15) is 5.56 Å². The number of halogens is 4. The van der Waals surface area contributed by atoms with Crippen LogP contribution >= 0.6 is 11.6 Å². The minimum absolute atomic E-state index is 0.226. The van der Waals surface area contributed by atoms with Gasteiger partial charge in [0.2, 0.25) is 5.95 Å². The number of morpholine rings is 1. The number of carboxylic acids is 1. The van der Waals surface area contributed by atoms with Crippen molar-refractivity contribution in [3.63, 3.8) is 0 Å². The van der Waals surface area contributed by atoms with Crippen LogP contribution < -0.4 is 9.80 Å². The summed E-state index contributed by atoms with van der Waals surface area (Å²) in [6.07, 6.45) is -4.27. The number of para-hydroxylation sites is 1. The van der Waals surface area contributed by atoms with Gasteiger partial charge in [0, 0.05) is 30.8 Å². The number of aromatic nitrogens is 2. The van der Waals surface area contributed by atoms with Gasteiger partial charge in [-0.3, -0.25) is 0 Å². The molecule has 2 aliphatic heterocycles. The van der Waals surface area contributed by atoms with E-state index in [-0.39, 0.29) is 5.75 Å². The lowest BCUT2D eigenvalue weighted by Gasteiger charge is -2.28. The number of carboxylic acid groups (broad SMARTS) is 1. The van der Waals surface area contributed by atoms with Gasteiger partial charge in [-0.2, -0.15) is 18.2 Å². The van der Waals surface area contributed by atoms with Crippen LogP contribution in [0.15, 0.2) is 48.5 Å². The quantitative estimate of drug-likeness (QED) is 0.512. The molecule has 2 aliphatic rings. The van der Waals surface area contributed by atoms with E-state index in [1.165, 1.54) is 0 Å². The molecule has 2 aromatic carbocycles. The molecule has 0 spiro atoms. The van der Waals surface area contributed by atoms with Gasteiger partial charge in [-0.25, -0.2) is 9.78 Å². The summed E-state index contributed by atoms with van der Waals surface area (Å²) in [5.41, 5.74) is 3.77. The maximum atomic E-state index is 10.6. The van der Waals surface area contributed by atoms with Gasteiger partial charge in [-0.05, 0) is 30.7 Å². The maximum Gasteiger partial charge on any atom is 0.490 e. The average molecular weight is 523 g/mol. The third-order valence-electron chi connectivity index (χ3n) is 5.61. The molecule has 0 aliphatic carbocycles. The molecule has 5 rings (SSSR count). The summed E-state index contributed by atoms with van der Waals surface area (Å²) in [4.78, 5) is 23.1. The molecule has 1 saturated heterocycles. The highest BCUT2D eigenvalue weighted by Crippen LogP contribution is 2.41. The highest BCUT2D eigenvalue weighted by molar-refractivity contribution is 6.33. The summed E-state index contributed by atoms with van der Waals surface area (Å²) in [6, 6.07) is 15.1. The van der Waals surface area contributed by atoms with E-state index in [2.05, 4.69) is 9.80 Å². The molecule has 0 bridgehead atoms. The number of carbonyl (C=O) groups is 1. The van der Waals surface area contributed by atoms with E-state index in [1.54, 1.807) is 12.1 Å². The number of phenolic OH excluding ortho intramolecular Hbond substituents is 1. The van der Waals surface area contributed by atoms with E-state index in [4.69, 9.17) is 36.2 Å². The zero-order chi connectivity index (χ0) is 25.9. The summed E-state index contributed by atoms with van der Waals surface area (Å²) < 4.78 is 37.2. The van der Waals surface area contributed by atoms with E-state index in [0.717, 1.165) is 54.4 Å². The second kappa shape index (κ2) is 10.6. The van der Waals surface area contributed by atoms with Crippen molar-refractivity contribution >= 4 is 35.0 Å². The minimum Gasteiger partial charge on any atom is -0.508 e. The van der Waals surface area contributed by atoms with Crippen LogP contribution in [0.2, 0.25) is 5.02 Å². The molecule has 0 atom stereocenters. The molecule has 3 aromatic rings. The number of benzene rings is 2. The normalized spacial score (nSPS) is 15.2. The summed E-state index contributed by atoms with van der Waals surface area (Å²) in [5, 5.41) is 17.8. The molecule has 190 valence electrons. The number of nitrogens with zero attached hydrogens (tertiary/aromatic N) is 4. The fraction of sp³-hybridized carbons (Fsp3) is 0.292. The molecule has 0 unspecified atom stereocenters. The van der Waals surface area contributed by atoms with E-state index >= 15 is 0 Å². The second-order valence-electron chi connectivity index (χ2n) is 7.98. The standard InChI is InChI=1S/C22H21ClN4O2.C2HF3O2/c23-18-6-1-2-7-19(18)27-9-8-17-20(15-4-3-5-16(28)14-15)24-22(25-21(17)27)26-10-12-29-13-11-26;3-2(4,5)1(6)7/h1-7,14,28H,8-13H2;(H,6,7). The summed E-state index contributed by atoms with van der Waals surface area (Å²) in [7, 11) is 0. The zero-order valence-electron chi connectivity index (χ0n) is 18.9. The number of hydrogen-bond acceptors (Lipinski definition) is 7. The van der Waals surface area contributed by atoms with E-state index in [1.807, 2.05) is 36.4 Å². The Morgan fingerprint density at radius 1 is 1.03 bits per heavy atom. The van der Waals surface area contributed by atoms with E-state index in [0.29, 0.717) is 24.2 Å². The molecular weight excluding hydrogens is 501 g/mol. The zero-order valence-corrected chi connectivity index (χ0v) is 19.6. The largest absolute Gasteiger partial charge is 0.508 e. The van der Waals surface area contributed by atoms with Crippen molar-refractivity contribution in [1.82, 2.24) is 9.97 Å². The van der Waals surface area contributed by atoms with Gasteiger partial charge in [0.25, 0.3) is 0 Å². The number of alkyl halides is 3. The highest BCUT2D eigenvalue weighted by atomic mass is 35.5. The van der Waals surface area contributed by atoms with Gasteiger partial charge in [0.05, 0.1) is 29.6 Å². The van der Waals surface area contributed by atoms with Gasteiger partial charge in [0.15, 0.2) is 0 Å². The highest BCUT2D eigenvalue weighted by Gasteiger charge is 2.38. The Hall–Kier alpha value is -3.57. The van der Waals surface area contributed by atoms with Crippen LogP contribution in [0.4, 0.5) is 30.6 Å². The number of rotatable bonds is 3. The lowest BCUT2D eigenvalue weighted by Crippen LogP contribution is -2.37. The molecule has 0 radical (unpaired) electrons. The van der Waals surface area contributed by atoms with Crippen molar-refractivity contribution in [2.24, 2.45) is 0 Å². The summed E-state index contributed by atoms with van der Waals surface area (Å²) >= 11 is 6.49. The fourth-order valence-electron chi connectivity index (χ4n) is 3.95. The third kappa shape index (κ3) is 5.63. The first-order chi connectivity index (χ1) is 17.1. The van der Waals surface area contributed by atoms with Crippen LogP contribution in [0, 0.1) is 0 Å². The monoisotopic (exact) mass is 522 g/mol. The first kappa shape index (κ1) is 25.5. The molecule has 2 N–H and O–H groups in total. The Labute approximate surface area is 209 Å². The van der Waals surface area contributed by atoms with Crippen LogP contribution in [0.5, 0.6) is 5.75 Å². The molecule has 8 nitrogen and oxygen atoms in total. The molecule has 1 aromatic heterocycles. The Kier molecular flexibility index (Phi) is 7.51. The molecule has 0 amide bonds. The van der Waals surface area contributed by atoms with Crippen molar-refractivity contribution in [3.05, 3.63) is 59.1 Å². The molecule has 12 heteroatoms. The lowest BCUT2D eigenvalue weighted by atomic mass is 10.1. The number of hydrogen-bond donors (Lipinski definition) is 2. The first-order valence-corrected chi connectivity index (χ1v) is 11.4. The smallest absolute Gasteiger partial charge is 0.490 e. The number of anilines is 3. The van der Waals surface area contributed by atoms with E-state index in [9.17, 15) is 18.3 Å². The van der Waals surface area contributed by atoms with Crippen LogP contribution in [0.25, 0.3) is 11.3 Å². The minimum atomic E-state index is -5.08. The van der Waals surface area contributed by atoms with Gasteiger partial charge in [0.1, 0.15) is 11.6 Å². The van der Waals surface area contributed by atoms with Gasteiger partial charge in [-0.15, -0.1) is 0 Å². The topological polar surface area (TPSA) is 99.0 Å². The van der Waals surface area contributed by atoms with Gasteiger partial charge in [-0.1, -0.05) is 35.9 Å². The van der Waals surface area contributed by atoms with E-state index < -0.39 is 12.1 Å². The predicted octanol–water partition coefficient (Wildman–Crippen LogP) is 4.67. The SMILES string of the molecule is O=C(O)C(F)(F)F.Oc1cccc(-c2nc(N3CCOCC3)nc3c2CCN3c2ccccc2Cl)c1.